The van der Waals surface area contributed by atoms with Gasteiger partial charge < -0.3 is 10.0 Å². The summed E-state index contributed by atoms with van der Waals surface area (Å²) in [7, 11) is 0. The van der Waals surface area contributed by atoms with E-state index in [0.29, 0.717) is 0 Å². The van der Waals surface area contributed by atoms with E-state index in [1.165, 1.54) is 0 Å². The minimum Gasteiger partial charge on any atom is -0.480 e. The van der Waals surface area contributed by atoms with Crippen LogP contribution in [-0.2, 0) is 15.0 Å². The van der Waals surface area contributed by atoms with Crippen LogP contribution in [0.15, 0.2) is 30.3 Å². The monoisotopic (exact) mass is 259 g/mol. The summed E-state index contributed by atoms with van der Waals surface area (Å²) in [5, 5.41) is 8.97. The SMILES string of the molecule is O=C(O)CN(C(=O)C1(c2ccccc2)CC1)C1CC1. The van der Waals surface area contributed by atoms with Gasteiger partial charge in [0.05, 0.1) is 5.41 Å². The molecule has 2 fully saturated rings. The number of carbonyl (C=O) groups is 2. The van der Waals surface area contributed by atoms with Crippen molar-refractivity contribution in [3.8, 4) is 0 Å². The molecule has 0 radical (unpaired) electrons. The summed E-state index contributed by atoms with van der Waals surface area (Å²) in [5.41, 5.74) is 0.579. The number of rotatable bonds is 5. The normalized spacial score (nSPS) is 19.8. The van der Waals surface area contributed by atoms with E-state index in [-0.39, 0.29) is 18.5 Å². The largest absolute Gasteiger partial charge is 0.480 e. The predicted octanol–water partition coefficient (Wildman–Crippen LogP) is 1.79. The molecule has 3 rings (SSSR count). The maximum absolute atomic E-state index is 12.7. The Kier molecular flexibility index (Phi) is 2.81. The van der Waals surface area contributed by atoms with Gasteiger partial charge in [0, 0.05) is 6.04 Å². The average Bonchev–Trinajstić information content (AvgIpc) is 3.29. The lowest BCUT2D eigenvalue weighted by Gasteiger charge is -2.26. The molecule has 1 aromatic rings. The number of benzene rings is 1. The molecule has 2 aliphatic rings. The van der Waals surface area contributed by atoms with Gasteiger partial charge in [0.25, 0.3) is 0 Å². The minimum absolute atomic E-state index is 0.00333. The second-order valence-electron chi connectivity index (χ2n) is 5.51. The zero-order valence-corrected chi connectivity index (χ0v) is 10.7. The van der Waals surface area contributed by atoms with Crippen molar-refractivity contribution in [2.45, 2.75) is 37.1 Å². The topological polar surface area (TPSA) is 57.6 Å². The summed E-state index contributed by atoms with van der Waals surface area (Å²) < 4.78 is 0. The van der Waals surface area contributed by atoms with Crippen LogP contribution >= 0.6 is 0 Å². The Labute approximate surface area is 112 Å². The van der Waals surface area contributed by atoms with Gasteiger partial charge in [-0.3, -0.25) is 9.59 Å². The molecule has 0 bridgehead atoms. The third kappa shape index (κ3) is 2.23. The third-order valence-corrected chi connectivity index (χ3v) is 4.04. The number of aliphatic carboxylic acids is 1. The molecule has 1 amide bonds. The van der Waals surface area contributed by atoms with Crippen molar-refractivity contribution in [1.29, 1.82) is 0 Å². The van der Waals surface area contributed by atoms with Gasteiger partial charge in [0.15, 0.2) is 0 Å². The van der Waals surface area contributed by atoms with Crippen LogP contribution in [-0.4, -0.2) is 34.5 Å². The second-order valence-corrected chi connectivity index (χ2v) is 5.51. The third-order valence-electron chi connectivity index (χ3n) is 4.04. The lowest BCUT2D eigenvalue weighted by molar-refractivity contribution is -0.146. The van der Waals surface area contributed by atoms with Gasteiger partial charge in [-0.05, 0) is 31.2 Å². The van der Waals surface area contributed by atoms with Gasteiger partial charge in [-0.2, -0.15) is 0 Å². The van der Waals surface area contributed by atoms with Crippen LogP contribution in [0.1, 0.15) is 31.2 Å². The molecular formula is C15H17NO3. The summed E-state index contributed by atoms with van der Waals surface area (Å²) in [4.78, 5) is 25.2. The number of carbonyl (C=O) groups excluding carboxylic acids is 1. The molecule has 4 nitrogen and oxygen atoms in total. The highest BCUT2D eigenvalue weighted by Crippen LogP contribution is 2.50. The lowest BCUT2D eigenvalue weighted by Crippen LogP contribution is -2.43. The number of carboxylic acids is 1. The first-order valence-electron chi connectivity index (χ1n) is 6.72. The Morgan fingerprint density at radius 2 is 1.84 bits per heavy atom. The molecule has 2 aliphatic carbocycles. The van der Waals surface area contributed by atoms with E-state index in [2.05, 4.69) is 0 Å². The van der Waals surface area contributed by atoms with Crippen LogP contribution in [0.2, 0.25) is 0 Å². The molecule has 100 valence electrons. The quantitative estimate of drug-likeness (QED) is 0.877. The Morgan fingerprint density at radius 1 is 1.21 bits per heavy atom. The van der Waals surface area contributed by atoms with Crippen LogP contribution in [0.4, 0.5) is 0 Å². The molecule has 4 heteroatoms. The Bertz CT molecular complexity index is 503. The van der Waals surface area contributed by atoms with E-state index in [1.54, 1.807) is 4.90 Å². The summed E-state index contributed by atoms with van der Waals surface area (Å²) >= 11 is 0. The van der Waals surface area contributed by atoms with Crippen LogP contribution in [0, 0.1) is 0 Å². The zero-order chi connectivity index (χ0) is 13.5. The molecule has 19 heavy (non-hydrogen) atoms. The number of carboxylic acid groups (broad SMARTS) is 1. The molecule has 0 heterocycles. The smallest absolute Gasteiger partial charge is 0.323 e. The summed E-state index contributed by atoms with van der Waals surface area (Å²) in [6.45, 7) is -0.169. The van der Waals surface area contributed by atoms with Crippen molar-refractivity contribution in [2.75, 3.05) is 6.54 Å². The highest BCUT2D eigenvalue weighted by molar-refractivity contribution is 5.93. The van der Waals surface area contributed by atoms with Crippen LogP contribution in [0.3, 0.4) is 0 Å². The molecule has 0 atom stereocenters. The van der Waals surface area contributed by atoms with Gasteiger partial charge in [-0.15, -0.1) is 0 Å². The van der Waals surface area contributed by atoms with Crippen molar-refractivity contribution in [2.24, 2.45) is 0 Å². The molecule has 0 spiro atoms. The first-order chi connectivity index (χ1) is 9.13. The fourth-order valence-electron chi connectivity index (χ4n) is 2.68. The summed E-state index contributed by atoms with van der Waals surface area (Å²) in [5.74, 6) is -0.923. The van der Waals surface area contributed by atoms with Gasteiger partial charge in [0.1, 0.15) is 6.54 Å². The molecule has 1 aromatic carbocycles. The number of nitrogens with zero attached hydrogens (tertiary/aromatic N) is 1. The predicted molar refractivity (Wildman–Crippen MR) is 69.7 cm³/mol. The van der Waals surface area contributed by atoms with Crippen LogP contribution in [0.25, 0.3) is 0 Å². The fourth-order valence-corrected chi connectivity index (χ4v) is 2.68. The van der Waals surface area contributed by atoms with E-state index in [0.717, 1.165) is 31.2 Å². The Balaban J connectivity index is 1.84. The second kappa shape index (κ2) is 4.37. The molecule has 0 saturated heterocycles. The first kappa shape index (κ1) is 12.2. The molecule has 0 aliphatic heterocycles. The minimum atomic E-state index is -0.927. The van der Waals surface area contributed by atoms with Crippen molar-refractivity contribution in [1.82, 2.24) is 4.90 Å². The molecule has 1 N–H and O–H groups in total. The van der Waals surface area contributed by atoms with Crippen molar-refractivity contribution in [3.05, 3.63) is 35.9 Å². The van der Waals surface area contributed by atoms with Crippen molar-refractivity contribution in [3.63, 3.8) is 0 Å². The lowest BCUT2D eigenvalue weighted by atomic mass is 9.94. The maximum atomic E-state index is 12.7. The Morgan fingerprint density at radius 3 is 2.32 bits per heavy atom. The van der Waals surface area contributed by atoms with E-state index in [4.69, 9.17) is 5.11 Å². The van der Waals surface area contributed by atoms with Crippen LogP contribution < -0.4 is 0 Å². The van der Waals surface area contributed by atoms with E-state index < -0.39 is 11.4 Å². The van der Waals surface area contributed by atoms with E-state index in [1.807, 2.05) is 30.3 Å². The van der Waals surface area contributed by atoms with Gasteiger partial charge in [-0.25, -0.2) is 0 Å². The van der Waals surface area contributed by atoms with E-state index in [9.17, 15) is 9.59 Å². The molecular weight excluding hydrogens is 242 g/mol. The molecule has 0 unspecified atom stereocenters. The number of amides is 1. The zero-order valence-electron chi connectivity index (χ0n) is 10.7. The van der Waals surface area contributed by atoms with Crippen molar-refractivity contribution >= 4 is 11.9 Å². The van der Waals surface area contributed by atoms with Crippen molar-refractivity contribution < 1.29 is 14.7 Å². The first-order valence-corrected chi connectivity index (χ1v) is 6.72. The van der Waals surface area contributed by atoms with Crippen LogP contribution in [0.5, 0.6) is 0 Å². The van der Waals surface area contributed by atoms with Gasteiger partial charge in [-0.1, -0.05) is 30.3 Å². The van der Waals surface area contributed by atoms with Gasteiger partial charge >= 0.3 is 5.97 Å². The average molecular weight is 259 g/mol. The standard InChI is InChI=1S/C15H17NO3/c17-13(18)10-16(12-6-7-12)14(19)15(8-9-15)11-4-2-1-3-5-11/h1-5,12H,6-10H2,(H,17,18). The summed E-state index contributed by atoms with van der Waals surface area (Å²) in [6.07, 6.45) is 3.53. The maximum Gasteiger partial charge on any atom is 0.323 e. The molecule has 0 aromatic heterocycles. The van der Waals surface area contributed by atoms with E-state index >= 15 is 0 Å². The Hall–Kier alpha value is -1.84. The highest BCUT2D eigenvalue weighted by atomic mass is 16.4. The summed E-state index contributed by atoms with van der Waals surface area (Å²) in [6, 6.07) is 9.88. The number of hydrogen-bond acceptors (Lipinski definition) is 2. The highest BCUT2D eigenvalue weighted by Gasteiger charge is 2.54. The number of hydrogen-bond donors (Lipinski definition) is 1. The fraction of sp³-hybridized carbons (Fsp3) is 0.467. The van der Waals surface area contributed by atoms with Gasteiger partial charge in [0.2, 0.25) is 5.91 Å². The molecule has 2 saturated carbocycles.